The number of nitrogen functional groups attached to an aromatic ring is 1. The first-order valence-electron chi connectivity index (χ1n) is 7.00. The summed E-state index contributed by atoms with van der Waals surface area (Å²) in [6.45, 7) is 3.82. The lowest BCUT2D eigenvalue weighted by molar-refractivity contribution is -0.122. The second-order valence-corrected chi connectivity index (χ2v) is 4.87. The van der Waals surface area contributed by atoms with Crippen LogP contribution in [0.5, 0.6) is 5.75 Å². The van der Waals surface area contributed by atoms with E-state index in [2.05, 4.69) is 12.2 Å². The van der Waals surface area contributed by atoms with Crippen LogP contribution in [0.25, 0.3) is 0 Å². The summed E-state index contributed by atoms with van der Waals surface area (Å²) in [4.78, 5) is 12.1. The van der Waals surface area contributed by atoms with Crippen molar-refractivity contribution in [3.8, 4) is 5.75 Å². The Morgan fingerprint density at radius 1 is 1.14 bits per heavy atom. The zero-order chi connectivity index (χ0) is 15.2. The van der Waals surface area contributed by atoms with Crippen molar-refractivity contribution in [3.63, 3.8) is 0 Å². The first-order chi connectivity index (χ1) is 10.1. The van der Waals surface area contributed by atoms with Crippen LogP contribution in [0.4, 0.5) is 11.4 Å². The van der Waals surface area contributed by atoms with Crippen LogP contribution < -0.4 is 15.8 Å². The van der Waals surface area contributed by atoms with E-state index in [1.165, 1.54) is 5.56 Å². The number of benzene rings is 2. The number of anilines is 2. The zero-order valence-electron chi connectivity index (χ0n) is 12.3. The third kappa shape index (κ3) is 4.24. The number of nitrogens with two attached hydrogens (primary N) is 1. The molecule has 0 aromatic heterocycles. The van der Waals surface area contributed by atoms with Crippen molar-refractivity contribution in [2.75, 3.05) is 11.1 Å². The summed E-state index contributed by atoms with van der Waals surface area (Å²) < 4.78 is 5.63. The molecule has 0 heterocycles. The molecule has 4 nitrogen and oxygen atoms in total. The number of aryl methyl sites for hydroxylation is 1. The molecule has 0 unspecified atom stereocenters. The Morgan fingerprint density at radius 3 is 2.33 bits per heavy atom. The van der Waals surface area contributed by atoms with E-state index >= 15 is 0 Å². The number of ether oxygens (including phenoxy) is 1. The average Bonchev–Trinajstić information content (AvgIpc) is 2.50. The molecule has 1 amide bonds. The van der Waals surface area contributed by atoms with Gasteiger partial charge in [-0.05, 0) is 55.3 Å². The van der Waals surface area contributed by atoms with E-state index in [-0.39, 0.29) is 5.91 Å². The summed E-state index contributed by atoms with van der Waals surface area (Å²) in [7, 11) is 0. The first kappa shape index (κ1) is 14.9. The number of hydrogen-bond donors (Lipinski definition) is 2. The van der Waals surface area contributed by atoms with Gasteiger partial charge in [-0.3, -0.25) is 4.79 Å². The van der Waals surface area contributed by atoms with E-state index in [0.29, 0.717) is 17.1 Å². The molecule has 0 fully saturated rings. The highest BCUT2D eigenvalue weighted by molar-refractivity contribution is 5.94. The van der Waals surface area contributed by atoms with E-state index in [9.17, 15) is 4.79 Å². The predicted molar refractivity (Wildman–Crippen MR) is 85.4 cm³/mol. The highest BCUT2D eigenvalue weighted by Gasteiger charge is 2.14. The molecule has 3 N–H and O–H groups in total. The number of amides is 1. The number of carbonyl (C=O) groups is 1. The molecule has 0 aliphatic rings. The van der Waals surface area contributed by atoms with E-state index in [4.69, 9.17) is 10.5 Å². The lowest BCUT2D eigenvalue weighted by atomic mass is 10.2. The van der Waals surface area contributed by atoms with Gasteiger partial charge in [0.15, 0.2) is 6.10 Å². The molecule has 0 saturated heterocycles. The Morgan fingerprint density at radius 2 is 1.76 bits per heavy atom. The van der Waals surface area contributed by atoms with Gasteiger partial charge in [0.25, 0.3) is 5.91 Å². The first-order valence-corrected chi connectivity index (χ1v) is 7.00. The smallest absolute Gasteiger partial charge is 0.265 e. The number of hydrogen-bond acceptors (Lipinski definition) is 3. The Labute approximate surface area is 124 Å². The standard InChI is InChI=1S/C17H20N2O2/c1-3-13-4-10-16(11-5-13)21-12(2)17(20)19-15-8-6-14(18)7-9-15/h4-12H,3,18H2,1-2H3,(H,19,20)/t12-/m0/s1. The van der Waals surface area contributed by atoms with Gasteiger partial charge in [0.05, 0.1) is 0 Å². The summed E-state index contributed by atoms with van der Waals surface area (Å²) in [5, 5.41) is 2.79. The fourth-order valence-electron chi connectivity index (χ4n) is 1.87. The van der Waals surface area contributed by atoms with Crippen LogP contribution in [0.1, 0.15) is 19.4 Å². The van der Waals surface area contributed by atoms with Crippen molar-refractivity contribution >= 4 is 17.3 Å². The van der Waals surface area contributed by atoms with Gasteiger partial charge in [-0.15, -0.1) is 0 Å². The van der Waals surface area contributed by atoms with E-state index in [0.717, 1.165) is 6.42 Å². The number of nitrogens with one attached hydrogen (secondary N) is 1. The minimum absolute atomic E-state index is 0.195. The SMILES string of the molecule is CCc1ccc(O[C@@H](C)C(=O)Nc2ccc(N)cc2)cc1. The molecule has 0 aliphatic carbocycles. The number of rotatable bonds is 5. The van der Waals surface area contributed by atoms with Crippen LogP contribution in [0.2, 0.25) is 0 Å². The van der Waals surface area contributed by atoms with Crippen LogP contribution in [0, 0.1) is 0 Å². The van der Waals surface area contributed by atoms with Crippen LogP contribution in [-0.2, 0) is 11.2 Å². The third-order valence-corrected chi connectivity index (χ3v) is 3.19. The molecule has 0 aliphatic heterocycles. The lowest BCUT2D eigenvalue weighted by Gasteiger charge is -2.15. The van der Waals surface area contributed by atoms with Crippen molar-refractivity contribution in [1.82, 2.24) is 0 Å². The van der Waals surface area contributed by atoms with Gasteiger partial charge in [-0.25, -0.2) is 0 Å². The molecule has 21 heavy (non-hydrogen) atoms. The van der Waals surface area contributed by atoms with Gasteiger partial charge in [-0.2, -0.15) is 0 Å². The van der Waals surface area contributed by atoms with Gasteiger partial charge >= 0.3 is 0 Å². The van der Waals surface area contributed by atoms with Crippen LogP contribution in [0.3, 0.4) is 0 Å². The zero-order valence-corrected chi connectivity index (χ0v) is 12.3. The Bertz CT molecular complexity index is 591. The van der Waals surface area contributed by atoms with Crippen LogP contribution in [0.15, 0.2) is 48.5 Å². The topological polar surface area (TPSA) is 64.3 Å². The molecule has 0 bridgehead atoms. The molecule has 0 spiro atoms. The molecule has 0 radical (unpaired) electrons. The van der Waals surface area contributed by atoms with Crippen molar-refractivity contribution in [2.24, 2.45) is 0 Å². The van der Waals surface area contributed by atoms with E-state index in [1.54, 1.807) is 31.2 Å². The maximum Gasteiger partial charge on any atom is 0.265 e. The molecule has 2 rings (SSSR count). The maximum atomic E-state index is 12.1. The molecule has 2 aromatic rings. The van der Waals surface area contributed by atoms with Crippen LogP contribution >= 0.6 is 0 Å². The molecular formula is C17H20N2O2. The third-order valence-electron chi connectivity index (χ3n) is 3.19. The van der Waals surface area contributed by atoms with Crippen molar-refractivity contribution in [1.29, 1.82) is 0 Å². The van der Waals surface area contributed by atoms with Gasteiger partial charge in [-0.1, -0.05) is 19.1 Å². The summed E-state index contributed by atoms with van der Waals surface area (Å²) in [5.41, 5.74) is 8.20. The lowest BCUT2D eigenvalue weighted by Crippen LogP contribution is -2.30. The van der Waals surface area contributed by atoms with E-state index < -0.39 is 6.10 Å². The molecule has 4 heteroatoms. The molecule has 110 valence electrons. The molecule has 0 saturated carbocycles. The highest BCUT2D eigenvalue weighted by Crippen LogP contribution is 2.16. The van der Waals surface area contributed by atoms with E-state index in [1.807, 2.05) is 24.3 Å². The van der Waals surface area contributed by atoms with Crippen molar-refractivity contribution in [3.05, 3.63) is 54.1 Å². The van der Waals surface area contributed by atoms with Crippen LogP contribution in [-0.4, -0.2) is 12.0 Å². The largest absolute Gasteiger partial charge is 0.481 e. The normalized spacial score (nSPS) is 11.7. The number of carbonyl (C=O) groups excluding carboxylic acids is 1. The average molecular weight is 284 g/mol. The maximum absolute atomic E-state index is 12.1. The Kier molecular flexibility index (Phi) is 4.82. The fraction of sp³-hybridized carbons (Fsp3) is 0.235. The predicted octanol–water partition coefficient (Wildman–Crippen LogP) is 3.24. The second-order valence-electron chi connectivity index (χ2n) is 4.87. The van der Waals surface area contributed by atoms with Gasteiger partial charge in [0, 0.05) is 11.4 Å². The second kappa shape index (κ2) is 6.79. The summed E-state index contributed by atoms with van der Waals surface area (Å²) in [6.07, 6.45) is 0.406. The van der Waals surface area contributed by atoms with Gasteiger partial charge in [0.1, 0.15) is 5.75 Å². The van der Waals surface area contributed by atoms with Gasteiger partial charge < -0.3 is 15.8 Å². The molecule has 2 aromatic carbocycles. The summed E-state index contributed by atoms with van der Waals surface area (Å²) >= 11 is 0. The van der Waals surface area contributed by atoms with Crippen molar-refractivity contribution < 1.29 is 9.53 Å². The molecular weight excluding hydrogens is 264 g/mol. The summed E-state index contributed by atoms with van der Waals surface area (Å²) in [5.74, 6) is 0.492. The summed E-state index contributed by atoms with van der Waals surface area (Å²) in [6, 6.07) is 14.8. The Hall–Kier alpha value is -2.49. The quantitative estimate of drug-likeness (QED) is 0.828. The Balaban J connectivity index is 1.93. The van der Waals surface area contributed by atoms with Crippen molar-refractivity contribution in [2.45, 2.75) is 26.4 Å². The van der Waals surface area contributed by atoms with Gasteiger partial charge in [0.2, 0.25) is 0 Å². The minimum Gasteiger partial charge on any atom is -0.481 e. The fourth-order valence-corrected chi connectivity index (χ4v) is 1.87. The monoisotopic (exact) mass is 284 g/mol. The highest BCUT2D eigenvalue weighted by atomic mass is 16.5. The molecule has 1 atom stereocenters. The minimum atomic E-state index is -0.574.